The predicted octanol–water partition coefficient (Wildman–Crippen LogP) is 1.50. The molecule has 5 nitrogen and oxygen atoms in total. The molecule has 1 aliphatic heterocycles. The maximum absolute atomic E-state index is 12.4. The summed E-state index contributed by atoms with van der Waals surface area (Å²) in [5.74, 6) is -0.0836. The van der Waals surface area contributed by atoms with Gasteiger partial charge in [0.1, 0.15) is 0 Å². The van der Waals surface area contributed by atoms with E-state index in [2.05, 4.69) is 5.32 Å². The average Bonchev–Trinajstić information content (AvgIpc) is 2.47. The lowest BCUT2D eigenvalue weighted by atomic mass is 10.0. The third kappa shape index (κ3) is 4.56. The molecule has 2 rings (SSSR count). The van der Waals surface area contributed by atoms with Gasteiger partial charge in [-0.3, -0.25) is 9.59 Å². The second-order valence-electron chi connectivity index (χ2n) is 5.39. The fourth-order valence-electron chi connectivity index (χ4n) is 2.53. The highest BCUT2D eigenvalue weighted by Crippen LogP contribution is 2.18. The maximum Gasteiger partial charge on any atom is 0.225 e. The van der Waals surface area contributed by atoms with E-state index >= 15 is 0 Å². The van der Waals surface area contributed by atoms with Gasteiger partial charge in [-0.2, -0.15) is 0 Å². The van der Waals surface area contributed by atoms with E-state index in [-0.39, 0.29) is 30.4 Å². The van der Waals surface area contributed by atoms with Gasteiger partial charge in [0.25, 0.3) is 0 Å². The highest BCUT2D eigenvalue weighted by atomic mass is 16.5. The van der Waals surface area contributed by atoms with Gasteiger partial charge in [-0.1, -0.05) is 30.3 Å². The Morgan fingerprint density at radius 1 is 1.38 bits per heavy atom. The molecular formula is C16H22N2O3. The van der Waals surface area contributed by atoms with Crippen molar-refractivity contribution in [2.24, 2.45) is 0 Å². The molecule has 1 N–H and O–H groups in total. The van der Waals surface area contributed by atoms with Crippen molar-refractivity contribution in [1.82, 2.24) is 10.2 Å². The second kappa shape index (κ2) is 7.22. The number of carbonyl (C=O) groups excluding carboxylic acids is 2. The van der Waals surface area contributed by atoms with Crippen LogP contribution in [0.4, 0.5) is 0 Å². The Labute approximate surface area is 125 Å². The number of nitrogens with zero attached hydrogens (tertiary/aromatic N) is 1. The molecule has 1 aliphatic rings. The van der Waals surface area contributed by atoms with Crippen LogP contribution in [0.25, 0.3) is 0 Å². The molecule has 0 aliphatic carbocycles. The number of morpholine rings is 1. The van der Waals surface area contributed by atoms with E-state index in [4.69, 9.17) is 4.74 Å². The second-order valence-corrected chi connectivity index (χ2v) is 5.39. The van der Waals surface area contributed by atoms with Crippen molar-refractivity contribution in [3.63, 3.8) is 0 Å². The molecular weight excluding hydrogens is 268 g/mol. The Balaban J connectivity index is 2.04. The summed E-state index contributed by atoms with van der Waals surface area (Å²) in [6, 6.07) is 9.30. The summed E-state index contributed by atoms with van der Waals surface area (Å²) in [5.41, 5.74) is 0.947. The first-order chi connectivity index (χ1) is 10.1. The SMILES string of the molecule is CC(=O)N[C@H](CC(=O)N1CCO[C@H](C)C1)c1ccccc1. The Kier molecular flexibility index (Phi) is 5.33. The summed E-state index contributed by atoms with van der Waals surface area (Å²) in [4.78, 5) is 25.6. The number of benzene rings is 1. The zero-order valence-corrected chi connectivity index (χ0v) is 12.5. The average molecular weight is 290 g/mol. The molecule has 1 heterocycles. The van der Waals surface area contributed by atoms with Gasteiger partial charge in [0.2, 0.25) is 11.8 Å². The third-order valence-corrected chi connectivity index (χ3v) is 3.55. The van der Waals surface area contributed by atoms with E-state index in [1.54, 1.807) is 0 Å². The third-order valence-electron chi connectivity index (χ3n) is 3.55. The van der Waals surface area contributed by atoms with Gasteiger partial charge in [0, 0.05) is 20.0 Å². The van der Waals surface area contributed by atoms with Crippen LogP contribution >= 0.6 is 0 Å². The number of ether oxygens (including phenoxy) is 1. The molecule has 21 heavy (non-hydrogen) atoms. The fourth-order valence-corrected chi connectivity index (χ4v) is 2.53. The zero-order chi connectivity index (χ0) is 15.2. The van der Waals surface area contributed by atoms with E-state index in [0.29, 0.717) is 19.7 Å². The van der Waals surface area contributed by atoms with Gasteiger partial charge in [0.05, 0.1) is 25.2 Å². The number of carbonyl (C=O) groups is 2. The largest absolute Gasteiger partial charge is 0.375 e. The summed E-state index contributed by atoms with van der Waals surface area (Å²) >= 11 is 0. The lowest BCUT2D eigenvalue weighted by molar-refractivity contribution is -0.138. The summed E-state index contributed by atoms with van der Waals surface area (Å²) in [5, 5.41) is 2.86. The minimum absolute atomic E-state index is 0.0488. The van der Waals surface area contributed by atoms with E-state index in [0.717, 1.165) is 5.56 Å². The Hall–Kier alpha value is -1.88. The normalized spacial score (nSPS) is 19.9. The van der Waals surface area contributed by atoms with Crippen molar-refractivity contribution >= 4 is 11.8 Å². The fraction of sp³-hybridized carbons (Fsp3) is 0.500. The standard InChI is InChI=1S/C16H22N2O3/c1-12-11-18(8-9-21-12)16(20)10-15(17-13(2)19)14-6-4-3-5-7-14/h3-7,12,15H,8-11H2,1-2H3,(H,17,19)/t12-,15-/m1/s1. The monoisotopic (exact) mass is 290 g/mol. The molecule has 0 radical (unpaired) electrons. The predicted molar refractivity (Wildman–Crippen MR) is 79.6 cm³/mol. The first-order valence-corrected chi connectivity index (χ1v) is 7.27. The molecule has 2 amide bonds. The van der Waals surface area contributed by atoms with Gasteiger partial charge >= 0.3 is 0 Å². The van der Waals surface area contributed by atoms with E-state index in [1.165, 1.54) is 6.92 Å². The molecule has 1 saturated heterocycles. The zero-order valence-electron chi connectivity index (χ0n) is 12.5. The van der Waals surface area contributed by atoms with Crippen molar-refractivity contribution < 1.29 is 14.3 Å². The van der Waals surface area contributed by atoms with Gasteiger partial charge in [-0.15, -0.1) is 0 Å². The van der Waals surface area contributed by atoms with Crippen molar-refractivity contribution in [3.8, 4) is 0 Å². The van der Waals surface area contributed by atoms with Gasteiger partial charge in [-0.25, -0.2) is 0 Å². The van der Waals surface area contributed by atoms with Gasteiger partial charge in [0.15, 0.2) is 0 Å². The van der Waals surface area contributed by atoms with Crippen LogP contribution in [0.1, 0.15) is 31.9 Å². The van der Waals surface area contributed by atoms with E-state index < -0.39 is 0 Å². The van der Waals surface area contributed by atoms with Crippen molar-refractivity contribution in [2.45, 2.75) is 32.4 Å². The summed E-state index contributed by atoms with van der Waals surface area (Å²) in [6.45, 7) is 5.23. The summed E-state index contributed by atoms with van der Waals surface area (Å²) < 4.78 is 5.45. The van der Waals surface area contributed by atoms with Crippen LogP contribution in [-0.2, 0) is 14.3 Å². The number of nitrogens with one attached hydrogen (secondary N) is 1. The van der Waals surface area contributed by atoms with Crippen LogP contribution in [0.2, 0.25) is 0 Å². The molecule has 114 valence electrons. The van der Waals surface area contributed by atoms with Crippen molar-refractivity contribution in [1.29, 1.82) is 0 Å². The Bertz CT molecular complexity index is 490. The summed E-state index contributed by atoms with van der Waals surface area (Å²) in [7, 11) is 0. The maximum atomic E-state index is 12.4. The lowest BCUT2D eigenvalue weighted by Gasteiger charge is -2.32. The molecule has 1 aromatic rings. The van der Waals surface area contributed by atoms with Crippen LogP contribution in [0, 0.1) is 0 Å². The molecule has 0 unspecified atom stereocenters. The van der Waals surface area contributed by atoms with Crippen LogP contribution in [0.15, 0.2) is 30.3 Å². The van der Waals surface area contributed by atoms with Crippen LogP contribution in [0.5, 0.6) is 0 Å². The van der Waals surface area contributed by atoms with E-state index in [1.807, 2.05) is 42.2 Å². The molecule has 5 heteroatoms. The van der Waals surface area contributed by atoms with E-state index in [9.17, 15) is 9.59 Å². The van der Waals surface area contributed by atoms with Crippen molar-refractivity contribution in [3.05, 3.63) is 35.9 Å². The van der Waals surface area contributed by atoms with Gasteiger partial charge < -0.3 is 15.0 Å². The van der Waals surface area contributed by atoms with Crippen LogP contribution in [-0.4, -0.2) is 42.5 Å². The topological polar surface area (TPSA) is 58.6 Å². The molecule has 0 spiro atoms. The Morgan fingerprint density at radius 2 is 2.10 bits per heavy atom. The molecule has 0 saturated carbocycles. The molecule has 1 aromatic carbocycles. The highest BCUT2D eigenvalue weighted by Gasteiger charge is 2.25. The molecule has 2 atom stereocenters. The minimum atomic E-state index is -0.283. The Morgan fingerprint density at radius 3 is 2.71 bits per heavy atom. The first-order valence-electron chi connectivity index (χ1n) is 7.27. The minimum Gasteiger partial charge on any atom is -0.375 e. The number of hydrogen-bond donors (Lipinski definition) is 1. The van der Waals surface area contributed by atoms with Gasteiger partial charge in [-0.05, 0) is 12.5 Å². The van der Waals surface area contributed by atoms with Crippen LogP contribution in [0.3, 0.4) is 0 Å². The molecule has 0 aromatic heterocycles. The smallest absolute Gasteiger partial charge is 0.225 e. The number of amides is 2. The first kappa shape index (κ1) is 15.5. The highest BCUT2D eigenvalue weighted by molar-refractivity contribution is 5.79. The molecule has 1 fully saturated rings. The van der Waals surface area contributed by atoms with Crippen molar-refractivity contribution in [2.75, 3.05) is 19.7 Å². The number of rotatable bonds is 4. The molecule has 0 bridgehead atoms. The lowest BCUT2D eigenvalue weighted by Crippen LogP contribution is -2.45. The quantitative estimate of drug-likeness (QED) is 0.914. The number of hydrogen-bond acceptors (Lipinski definition) is 3. The summed E-state index contributed by atoms with van der Waals surface area (Å²) in [6.07, 6.45) is 0.342. The van der Waals surface area contributed by atoms with Crippen LogP contribution < -0.4 is 5.32 Å².